The van der Waals surface area contributed by atoms with Crippen LogP contribution < -0.4 is 5.32 Å². The first kappa shape index (κ1) is 26.6. The van der Waals surface area contributed by atoms with Gasteiger partial charge in [-0.05, 0) is 50.3 Å². The predicted molar refractivity (Wildman–Crippen MR) is 122 cm³/mol. The van der Waals surface area contributed by atoms with Gasteiger partial charge in [0.05, 0.1) is 10.8 Å². The second-order valence-electron chi connectivity index (χ2n) is 8.16. The van der Waals surface area contributed by atoms with Crippen LogP contribution in [0, 0.1) is 27.7 Å². The van der Waals surface area contributed by atoms with Gasteiger partial charge in [0.15, 0.2) is 0 Å². The fourth-order valence-corrected chi connectivity index (χ4v) is 6.10. The summed E-state index contributed by atoms with van der Waals surface area (Å²) in [6.07, 6.45) is 10.2. The van der Waals surface area contributed by atoms with Gasteiger partial charge >= 0.3 is 0 Å². The fourth-order valence-electron chi connectivity index (χ4n) is 4.30. The lowest BCUT2D eigenvalue weighted by Crippen LogP contribution is -2.49. The van der Waals surface area contributed by atoms with Crippen molar-refractivity contribution in [3.05, 3.63) is 50.6 Å². The summed E-state index contributed by atoms with van der Waals surface area (Å²) in [4.78, 5) is 13.0. The van der Waals surface area contributed by atoms with Gasteiger partial charge in [-0.15, -0.1) is 0 Å². The number of benzene rings is 1. The Labute approximate surface area is 184 Å². The third-order valence-corrected chi connectivity index (χ3v) is 7.89. The van der Waals surface area contributed by atoms with Crippen LogP contribution in [0.1, 0.15) is 69.8 Å². The molecule has 1 atom stereocenters. The topological polar surface area (TPSA) is 66.5 Å². The van der Waals surface area contributed by atoms with Gasteiger partial charge in [0, 0.05) is 19.1 Å². The van der Waals surface area contributed by atoms with Crippen LogP contribution >= 0.6 is 0 Å². The number of nitrogens with zero attached hydrogens (tertiary/aromatic N) is 1. The number of aryl methyl sites for hydroxylation is 1. The molecule has 1 amide bonds. The summed E-state index contributed by atoms with van der Waals surface area (Å²) >= 11 is 0. The predicted octanol–water partition coefficient (Wildman–Crippen LogP) is 4.63. The third kappa shape index (κ3) is 6.81. The van der Waals surface area contributed by atoms with E-state index >= 15 is 0 Å². The molecule has 0 bridgehead atoms. The van der Waals surface area contributed by atoms with E-state index in [1.54, 1.807) is 22.5 Å². The van der Waals surface area contributed by atoms with Gasteiger partial charge in [0.25, 0.3) is 0 Å². The molecule has 5 radical (unpaired) electrons. The first-order valence-corrected chi connectivity index (χ1v) is 12.1. The molecule has 1 saturated carbocycles. The number of amides is 1. The van der Waals surface area contributed by atoms with Crippen molar-refractivity contribution < 1.29 is 13.2 Å². The normalized spacial score (nSPS) is 21.4. The Balaban J connectivity index is 0.00000225. The van der Waals surface area contributed by atoms with Crippen LogP contribution in [-0.2, 0) is 14.8 Å². The zero-order valence-electron chi connectivity index (χ0n) is 18.4. The van der Waals surface area contributed by atoms with Crippen LogP contribution in [0.25, 0.3) is 0 Å². The molecule has 1 aliphatic carbocycles. The molecule has 6 heteroatoms. The van der Waals surface area contributed by atoms with Gasteiger partial charge in [-0.3, -0.25) is 4.79 Å². The number of piperidine rings is 1. The van der Waals surface area contributed by atoms with Gasteiger partial charge in [0.1, 0.15) is 0 Å². The summed E-state index contributed by atoms with van der Waals surface area (Å²) in [5.41, 5.74) is 0.934. The highest BCUT2D eigenvalue weighted by atomic mass is 32.2. The highest BCUT2D eigenvalue weighted by molar-refractivity contribution is 7.89. The Morgan fingerprint density at radius 2 is 1.70 bits per heavy atom. The number of carbonyl (C=O) groups excluding carboxylic acids is 1. The lowest BCUT2D eigenvalue weighted by molar-refractivity contribution is -0.120. The van der Waals surface area contributed by atoms with E-state index < -0.39 is 10.0 Å². The zero-order valence-corrected chi connectivity index (χ0v) is 19.2. The zero-order chi connectivity index (χ0) is 20.0. The van der Waals surface area contributed by atoms with Crippen LogP contribution in [0.2, 0.25) is 0 Å². The van der Waals surface area contributed by atoms with Crippen molar-refractivity contribution >= 4 is 15.9 Å². The smallest absolute Gasteiger partial charge is 0.243 e. The van der Waals surface area contributed by atoms with E-state index in [0.29, 0.717) is 18.0 Å². The standard InChI is InChI=1S/C22H33N2O3S.2CH2/c1-18-10-9-14-21(16-18)28(26,27)24-15-8-7-13-20(24)17-23-22(25)19-11-5-3-2-4-6-12-19;;/h9-10,14,16,20H,2-8,11-13,15,17H2,1H3,(H,23,25);2*1H2. The molecule has 1 aromatic carbocycles. The van der Waals surface area contributed by atoms with Crippen molar-refractivity contribution in [2.45, 2.75) is 82.1 Å². The molecule has 30 heavy (non-hydrogen) atoms. The largest absolute Gasteiger partial charge is 0.354 e. The van der Waals surface area contributed by atoms with Crippen LogP contribution in [0.5, 0.6) is 0 Å². The quantitative estimate of drug-likeness (QED) is 0.736. The number of hydrogen-bond acceptors (Lipinski definition) is 3. The number of nitrogens with one attached hydrogen (secondary N) is 1. The maximum absolute atomic E-state index is 13.2. The average molecular weight is 434 g/mol. The Bertz CT molecular complexity index is 755. The van der Waals surface area contributed by atoms with Crippen LogP contribution in [-0.4, -0.2) is 37.8 Å². The maximum Gasteiger partial charge on any atom is 0.243 e. The third-order valence-electron chi connectivity index (χ3n) is 5.95. The van der Waals surface area contributed by atoms with E-state index in [4.69, 9.17) is 0 Å². The minimum atomic E-state index is -3.54. The lowest BCUT2D eigenvalue weighted by atomic mass is 9.90. The van der Waals surface area contributed by atoms with Crippen LogP contribution in [0.15, 0.2) is 29.2 Å². The molecule has 0 aromatic heterocycles. The molecule has 1 N–H and O–H groups in total. The Hall–Kier alpha value is -1.40. The molecule has 1 aromatic rings. The maximum atomic E-state index is 13.2. The molecular formula is C24H37N2O3S. The minimum absolute atomic E-state index is 0. The lowest BCUT2D eigenvalue weighted by Gasteiger charge is -2.35. The minimum Gasteiger partial charge on any atom is -0.354 e. The number of carbonyl (C=O) groups is 1. The summed E-state index contributed by atoms with van der Waals surface area (Å²) in [6, 6.07) is 6.91. The average Bonchev–Trinajstić information content (AvgIpc) is 2.66. The summed E-state index contributed by atoms with van der Waals surface area (Å²) in [6.45, 7) is 2.82. The molecule has 1 saturated heterocycles. The van der Waals surface area contributed by atoms with Crippen molar-refractivity contribution in [2.24, 2.45) is 0 Å². The van der Waals surface area contributed by atoms with Crippen molar-refractivity contribution in [3.8, 4) is 0 Å². The number of sulfonamides is 1. The molecule has 5 nitrogen and oxygen atoms in total. The Morgan fingerprint density at radius 3 is 2.37 bits per heavy atom. The van der Waals surface area contributed by atoms with Gasteiger partial charge in [-0.1, -0.05) is 65.5 Å². The van der Waals surface area contributed by atoms with Gasteiger partial charge in [-0.2, -0.15) is 4.31 Å². The van der Waals surface area contributed by atoms with Gasteiger partial charge < -0.3 is 5.32 Å². The van der Waals surface area contributed by atoms with Gasteiger partial charge in [-0.25, -0.2) is 8.42 Å². The highest BCUT2D eigenvalue weighted by Gasteiger charge is 2.34. The molecule has 1 unspecified atom stereocenters. The van der Waals surface area contributed by atoms with Crippen molar-refractivity contribution in [1.29, 1.82) is 0 Å². The Kier molecular flexibility index (Phi) is 11.1. The number of rotatable bonds is 5. The van der Waals surface area contributed by atoms with E-state index in [9.17, 15) is 13.2 Å². The van der Waals surface area contributed by atoms with E-state index in [2.05, 4.69) is 5.32 Å². The summed E-state index contributed by atoms with van der Waals surface area (Å²) in [5, 5.41) is 3.05. The fraction of sp³-hybridized carbons (Fsp3) is 0.583. The second-order valence-corrected chi connectivity index (χ2v) is 10.1. The molecule has 2 fully saturated rings. The Morgan fingerprint density at radius 1 is 1.03 bits per heavy atom. The SMILES string of the molecule is Cc1cccc(S(=O)(=O)N2CCCCC2CNC(=O)[C]2CCCCCCC2)c1.[CH2].[CH2]. The molecule has 1 aliphatic heterocycles. The van der Waals surface area contributed by atoms with Crippen LogP contribution in [0.3, 0.4) is 0 Å². The van der Waals surface area contributed by atoms with Crippen LogP contribution in [0.4, 0.5) is 0 Å². The van der Waals surface area contributed by atoms with E-state index in [-0.39, 0.29) is 26.8 Å². The van der Waals surface area contributed by atoms with Gasteiger partial charge in [0.2, 0.25) is 15.9 Å². The summed E-state index contributed by atoms with van der Waals surface area (Å²) < 4.78 is 28.0. The van der Waals surface area contributed by atoms with E-state index in [1.165, 1.54) is 19.3 Å². The molecule has 2 aliphatic rings. The second kappa shape index (κ2) is 12.5. The monoisotopic (exact) mass is 433 g/mol. The first-order valence-electron chi connectivity index (χ1n) is 10.7. The molecule has 167 valence electrons. The summed E-state index contributed by atoms with van der Waals surface area (Å²) in [5.74, 6) is 1.02. The van der Waals surface area contributed by atoms with Crippen molar-refractivity contribution in [2.75, 3.05) is 13.1 Å². The first-order chi connectivity index (χ1) is 13.5. The molecule has 3 rings (SSSR count). The van der Waals surface area contributed by atoms with E-state index in [1.807, 2.05) is 13.0 Å². The summed E-state index contributed by atoms with van der Waals surface area (Å²) in [7, 11) is -3.54. The molecule has 0 spiro atoms. The number of hydrogen-bond donors (Lipinski definition) is 1. The van der Waals surface area contributed by atoms with Crippen molar-refractivity contribution in [1.82, 2.24) is 9.62 Å². The highest BCUT2D eigenvalue weighted by Crippen LogP contribution is 2.27. The molecule has 1 heterocycles. The van der Waals surface area contributed by atoms with E-state index in [0.717, 1.165) is 56.4 Å². The molecular weight excluding hydrogens is 396 g/mol. The van der Waals surface area contributed by atoms with Crippen molar-refractivity contribution in [3.63, 3.8) is 0 Å².